The van der Waals surface area contributed by atoms with Crippen molar-refractivity contribution < 1.29 is 9.18 Å². The largest absolute Gasteiger partial charge is 0.294 e. The van der Waals surface area contributed by atoms with E-state index in [0.717, 1.165) is 30.0 Å². The van der Waals surface area contributed by atoms with Crippen molar-refractivity contribution in [2.75, 3.05) is 0 Å². The van der Waals surface area contributed by atoms with E-state index in [0.29, 0.717) is 17.9 Å². The third-order valence-corrected chi connectivity index (χ3v) is 5.25. The average Bonchev–Trinajstić information content (AvgIpc) is 3.17. The fourth-order valence-electron chi connectivity index (χ4n) is 3.55. The molecule has 2 aromatic heterocycles. The van der Waals surface area contributed by atoms with Gasteiger partial charge in [0, 0.05) is 43.4 Å². The van der Waals surface area contributed by atoms with E-state index in [4.69, 9.17) is 0 Å². The molecule has 146 valence electrons. The summed E-state index contributed by atoms with van der Waals surface area (Å²) in [6.07, 6.45) is 6.95. The number of hydrogen-bond donors (Lipinski definition) is 0. The van der Waals surface area contributed by atoms with Gasteiger partial charge in [0.25, 0.3) is 0 Å². The minimum Gasteiger partial charge on any atom is -0.294 e. The number of hydrogen-bond acceptors (Lipinski definition) is 4. The van der Waals surface area contributed by atoms with Gasteiger partial charge in [0.15, 0.2) is 5.78 Å². The molecule has 0 spiro atoms. The minimum atomic E-state index is -0.415. The molecule has 0 saturated heterocycles. The highest BCUT2D eigenvalue weighted by Crippen LogP contribution is 2.32. The summed E-state index contributed by atoms with van der Waals surface area (Å²) < 4.78 is 17.5. The number of ketones is 1. The lowest BCUT2D eigenvalue weighted by molar-refractivity contribution is 0.101. The molecule has 1 unspecified atom stereocenters. The van der Waals surface area contributed by atoms with Crippen molar-refractivity contribution in [3.05, 3.63) is 65.0 Å². The molecule has 1 aliphatic carbocycles. The van der Waals surface area contributed by atoms with Crippen molar-refractivity contribution in [2.45, 2.75) is 52.1 Å². The van der Waals surface area contributed by atoms with E-state index in [9.17, 15) is 9.18 Å². The third-order valence-electron chi connectivity index (χ3n) is 5.25. The summed E-state index contributed by atoms with van der Waals surface area (Å²) in [7, 11) is 0. The number of Topliss-reactive ketones (excluding diaryl/α,β-unsaturated/α-hetero) is 1. The number of halogens is 1. The van der Waals surface area contributed by atoms with Crippen LogP contribution in [0, 0.1) is 11.7 Å². The standard InChI is InChI=1S/C21H24FN5O/c1-3-26-9-8-21(24-26)20(18-7-6-16(22)10-19(18)14(2)28)11-17-13-27(25-23-17)12-15-4-5-15/h6-10,13,15,20H,3-5,11-12H2,1-2H3. The van der Waals surface area contributed by atoms with Gasteiger partial charge in [0.2, 0.25) is 0 Å². The Balaban J connectivity index is 1.70. The zero-order chi connectivity index (χ0) is 19.7. The summed E-state index contributed by atoms with van der Waals surface area (Å²) in [5.74, 6) is -0.0561. The fourth-order valence-corrected chi connectivity index (χ4v) is 3.55. The molecule has 1 atom stereocenters. The van der Waals surface area contributed by atoms with Gasteiger partial charge in [-0.1, -0.05) is 11.3 Å². The molecule has 4 rings (SSSR count). The van der Waals surface area contributed by atoms with Crippen molar-refractivity contribution in [1.82, 2.24) is 24.8 Å². The van der Waals surface area contributed by atoms with Crippen LogP contribution in [-0.4, -0.2) is 30.6 Å². The maximum atomic E-state index is 13.8. The highest BCUT2D eigenvalue weighted by Gasteiger charge is 2.25. The smallest absolute Gasteiger partial charge is 0.160 e. The Morgan fingerprint density at radius 1 is 1.29 bits per heavy atom. The second-order valence-corrected chi connectivity index (χ2v) is 7.52. The van der Waals surface area contributed by atoms with Crippen LogP contribution in [0.5, 0.6) is 0 Å². The lowest BCUT2D eigenvalue weighted by Crippen LogP contribution is -2.12. The molecule has 0 bridgehead atoms. The summed E-state index contributed by atoms with van der Waals surface area (Å²) in [6.45, 7) is 5.14. The van der Waals surface area contributed by atoms with E-state index in [1.54, 1.807) is 6.07 Å². The number of nitrogens with zero attached hydrogens (tertiary/aromatic N) is 5. The van der Waals surface area contributed by atoms with Crippen LogP contribution in [0.2, 0.25) is 0 Å². The first-order valence-corrected chi connectivity index (χ1v) is 9.76. The van der Waals surface area contributed by atoms with E-state index in [2.05, 4.69) is 15.4 Å². The molecule has 0 N–H and O–H groups in total. The number of aromatic nitrogens is 5. The molecule has 1 saturated carbocycles. The second kappa shape index (κ2) is 7.66. The molecule has 2 heterocycles. The summed E-state index contributed by atoms with van der Waals surface area (Å²) in [6, 6.07) is 6.35. The maximum absolute atomic E-state index is 13.8. The number of carbonyl (C=O) groups excluding carboxylic acids is 1. The van der Waals surface area contributed by atoms with E-state index in [1.165, 1.54) is 31.9 Å². The fraction of sp³-hybridized carbons (Fsp3) is 0.429. The Labute approximate surface area is 163 Å². The van der Waals surface area contributed by atoms with Crippen LogP contribution < -0.4 is 0 Å². The van der Waals surface area contributed by atoms with Crippen LogP contribution in [0.25, 0.3) is 0 Å². The number of benzene rings is 1. The molecule has 28 heavy (non-hydrogen) atoms. The zero-order valence-electron chi connectivity index (χ0n) is 16.2. The van der Waals surface area contributed by atoms with Crippen LogP contribution in [0.3, 0.4) is 0 Å². The normalized spacial score (nSPS) is 15.0. The lowest BCUT2D eigenvalue weighted by atomic mass is 9.87. The Hall–Kier alpha value is -2.83. The number of rotatable bonds is 8. The molecular formula is C21H24FN5O. The number of carbonyl (C=O) groups is 1. The molecule has 0 aliphatic heterocycles. The molecule has 1 aromatic carbocycles. The minimum absolute atomic E-state index is 0.160. The van der Waals surface area contributed by atoms with E-state index < -0.39 is 5.82 Å². The summed E-state index contributed by atoms with van der Waals surface area (Å²) >= 11 is 0. The van der Waals surface area contributed by atoms with Gasteiger partial charge >= 0.3 is 0 Å². The molecule has 0 radical (unpaired) electrons. The first-order valence-electron chi connectivity index (χ1n) is 9.76. The quantitative estimate of drug-likeness (QED) is 0.559. The second-order valence-electron chi connectivity index (χ2n) is 7.52. The van der Waals surface area contributed by atoms with Crippen LogP contribution in [0.4, 0.5) is 4.39 Å². The first-order chi connectivity index (χ1) is 13.5. The first kappa shape index (κ1) is 18.5. The van der Waals surface area contributed by atoms with Crippen molar-refractivity contribution in [2.24, 2.45) is 5.92 Å². The van der Waals surface area contributed by atoms with E-state index in [1.807, 2.05) is 34.7 Å². The predicted octanol–water partition coefficient (Wildman–Crippen LogP) is 3.62. The molecular weight excluding hydrogens is 357 g/mol. The third kappa shape index (κ3) is 4.03. The zero-order valence-corrected chi connectivity index (χ0v) is 16.2. The van der Waals surface area contributed by atoms with Crippen LogP contribution in [0.15, 0.2) is 36.7 Å². The summed E-state index contributed by atoms with van der Waals surface area (Å²) in [4.78, 5) is 12.2. The van der Waals surface area contributed by atoms with Gasteiger partial charge in [-0.05, 0) is 56.4 Å². The van der Waals surface area contributed by atoms with Crippen LogP contribution >= 0.6 is 0 Å². The van der Waals surface area contributed by atoms with Crippen molar-refractivity contribution in [1.29, 1.82) is 0 Å². The number of aryl methyl sites for hydroxylation is 1. The molecule has 0 amide bonds. The van der Waals surface area contributed by atoms with Gasteiger partial charge < -0.3 is 0 Å². The Kier molecular flexibility index (Phi) is 5.07. The molecule has 1 fully saturated rings. The van der Waals surface area contributed by atoms with Crippen LogP contribution in [-0.2, 0) is 19.5 Å². The highest BCUT2D eigenvalue weighted by molar-refractivity contribution is 5.95. The van der Waals surface area contributed by atoms with Gasteiger partial charge in [0.05, 0.1) is 11.4 Å². The van der Waals surface area contributed by atoms with Crippen molar-refractivity contribution in [3.8, 4) is 0 Å². The van der Waals surface area contributed by atoms with E-state index in [-0.39, 0.29) is 11.7 Å². The molecule has 6 nitrogen and oxygen atoms in total. The van der Waals surface area contributed by atoms with Gasteiger partial charge in [-0.2, -0.15) is 5.10 Å². The van der Waals surface area contributed by atoms with E-state index >= 15 is 0 Å². The molecule has 7 heteroatoms. The van der Waals surface area contributed by atoms with Crippen molar-refractivity contribution >= 4 is 5.78 Å². The topological polar surface area (TPSA) is 65.6 Å². The Morgan fingerprint density at radius 2 is 2.11 bits per heavy atom. The van der Waals surface area contributed by atoms with Gasteiger partial charge in [-0.25, -0.2) is 4.39 Å². The summed E-state index contributed by atoms with van der Waals surface area (Å²) in [5, 5.41) is 13.2. The summed E-state index contributed by atoms with van der Waals surface area (Å²) in [5.41, 5.74) is 2.84. The maximum Gasteiger partial charge on any atom is 0.160 e. The van der Waals surface area contributed by atoms with Crippen molar-refractivity contribution in [3.63, 3.8) is 0 Å². The molecule has 1 aliphatic rings. The molecule has 3 aromatic rings. The lowest BCUT2D eigenvalue weighted by Gasteiger charge is -2.17. The predicted molar refractivity (Wildman–Crippen MR) is 103 cm³/mol. The Morgan fingerprint density at radius 3 is 2.79 bits per heavy atom. The van der Waals surface area contributed by atoms with Gasteiger partial charge in [-0.15, -0.1) is 5.10 Å². The van der Waals surface area contributed by atoms with Gasteiger partial charge in [-0.3, -0.25) is 14.2 Å². The van der Waals surface area contributed by atoms with Crippen LogP contribution in [0.1, 0.15) is 59.9 Å². The van der Waals surface area contributed by atoms with Gasteiger partial charge in [0.1, 0.15) is 5.82 Å². The Bertz CT molecular complexity index is 988. The SMILES string of the molecule is CCn1ccc(C(Cc2cn(CC3CC3)nn2)c2ccc(F)cc2C(C)=O)n1. The highest BCUT2D eigenvalue weighted by atomic mass is 19.1. The monoisotopic (exact) mass is 381 g/mol. The average molecular weight is 381 g/mol.